The Bertz CT molecular complexity index is 479. The Kier molecular flexibility index (Phi) is 5.18. The van der Waals surface area contributed by atoms with Crippen LogP contribution in [0.1, 0.15) is 25.5 Å². The first-order chi connectivity index (χ1) is 8.84. The first-order valence-electron chi connectivity index (χ1n) is 5.85. The standard InChI is InChI=1S/C13H17ClN2O3/c1-8(12(17)18)15-13(19)16(3)9(2)10-6-4-5-7-11(10)14/h4-9H,1-3H3,(H,15,19)(H,17,18)/t8-,9?/m0/s1. The van der Waals surface area contributed by atoms with Gasteiger partial charge in [0.1, 0.15) is 6.04 Å². The van der Waals surface area contributed by atoms with Crippen LogP contribution in [-0.2, 0) is 4.79 Å². The van der Waals surface area contributed by atoms with E-state index in [1.165, 1.54) is 11.8 Å². The quantitative estimate of drug-likeness (QED) is 0.892. The van der Waals surface area contributed by atoms with Crippen molar-refractivity contribution in [2.75, 3.05) is 7.05 Å². The fourth-order valence-corrected chi connectivity index (χ4v) is 1.84. The Labute approximate surface area is 117 Å². The lowest BCUT2D eigenvalue weighted by Gasteiger charge is -2.27. The van der Waals surface area contributed by atoms with Crippen molar-refractivity contribution in [1.29, 1.82) is 0 Å². The summed E-state index contributed by atoms with van der Waals surface area (Å²) in [4.78, 5) is 24.0. The number of nitrogens with zero attached hydrogens (tertiary/aromatic N) is 1. The van der Waals surface area contributed by atoms with Crippen LogP contribution in [0.15, 0.2) is 24.3 Å². The molecule has 0 saturated carbocycles. The fraction of sp³-hybridized carbons (Fsp3) is 0.385. The molecule has 1 aromatic carbocycles. The van der Waals surface area contributed by atoms with Gasteiger partial charge in [0.2, 0.25) is 0 Å². The zero-order chi connectivity index (χ0) is 14.6. The van der Waals surface area contributed by atoms with Gasteiger partial charge in [0, 0.05) is 12.1 Å². The van der Waals surface area contributed by atoms with E-state index in [-0.39, 0.29) is 6.04 Å². The summed E-state index contributed by atoms with van der Waals surface area (Å²) in [7, 11) is 1.60. The zero-order valence-corrected chi connectivity index (χ0v) is 11.8. The predicted molar refractivity (Wildman–Crippen MR) is 73.3 cm³/mol. The Hall–Kier alpha value is -1.75. The first kappa shape index (κ1) is 15.3. The van der Waals surface area contributed by atoms with Gasteiger partial charge in [-0.25, -0.2) is 4.79 Å². The molecule has 5 nitrogen and oxygen atoms in total. The third-order valence-corrected chi connectivity index (χ3v) is 3.31. The number of carbonyl (C=O) groups excluding carboxylic acids is 1. The summed E-state index contributed by atoms with van der Waals surface area (Å²) >= 11 is 6.07. The van der Waals surface area contributed by atoms with Gasteiger partial charge in [-0.1, -0.05) is 29.8 Å². The number of hydrogen-bond donors (Lipinski definition) is 2. The lowest BCUT2D eigenvalue weighted by molar-refractivity contribution is -0.138. The summed E-state index contributed by atoms with van der Waals surface area (Å²) in [5.74, 6) is -1.08. The van der Waals surface area contributed by atoms with Gasteiger partial charge in [-0.2, -0.15) is 0 Å². The number of hydrogen-bond acceptors (Lipinski definition) is 2. The molecular formula is C13H17ClN2O3. The molecule has 0 aliphatic rings. The normalized spacial score (nSPS) is 13.5. The van der Waals surface area contributed by atoms with Gasteiger partial charge in [0.25, 0.3) is 0 Å². The summed E-state index contributed by atoms with van der Waals surface area (Å²) in [6, 6.07) is 5.58. The van der Waals surface area contributed by atoms with E-state index in [2.05, 4.69) is 5.32 Å². The summed E-state index contributed by atoms with van der Waals surface area (Å²) in [6.07, 6.45) is 0. The second kappa shape index (κ2) is 6.43. The molecule has 2 N–H and O–H groups in total. The second-order valence-corrected chi connectivity index (χ2v) is 4.73. The highest BCUT2D eigenvalue weighted by Gasteiger charge is 2.22. The van der Waals surface area contributed by atoms with Gasteiger partial charge in [-0.05, 0) is 25.5 Å². The van der Waals surface area contributed by atoms with Crippen LogP contribution in [0, 0.1) is 0 Å². The van der Waals surface area contributed by atoms with Crippen molar-refractivity contribution >= 4 is 23.6 Å². The van der Waals surface area contributed by atoms with Crippen LogP contribution < -0.4 is 5.32 Å². The maximum Gasteiger partial charge on any atom is 0.325 e. The Morgan fingerprint density at radius 1 is 1.32 bits per heavy atom. The van der Waals surface area contributed by atoms with E-state index in [0.29, 0.717) is 5.02 Å². The van der Waals surface area contributed by atoms with Gasteiger partial charge < -0.3 is 15.3 Å². The molecule has 0 aliphatic carbocycles. The van der Waals surface area contributed by atoms with Crippen LogP contribution in [0.5, 0.6) is 0 Å². The molecule has 6 heteroatoms. The predicted octanol–water partition coefficient (Wildman–Crippen LogP) is 2.52. The number of urea groups is 1. The minimum Gasteiger partial charge on any atom is -0.480 e. The van der Waals surface area contributed by atoms with Crippen molar-refractivity contribution in [1.82, 2.24) is 10.2 Å². The fourth-order valence-electron chi connectivity index (χ4n) is 1.55. The highest BCUT2D eigenvalue weighted by molar-refractivity contribution is 6.31. The molecule has 2 amide bonds. The Balaban J connectivity index is 2.77. The lowest BCUT2D eigenvalue weighted by atomic mass is 10.1. The highest BCUT2D eigenvalue weighted by Crippen LogP contribution is 2.26. The van der Waals surface area contributed by atoms with E-state index in [1.807, 2.05) is 25.1 Å². The van der Waals surface area contributed by atoms with Crippen LogP contribution in [0.4, 0.5) is 4.79 Å². The number of halogens is 1. The smallest absolute Gasteiger partial charge is 0.325 e. The molecular weight excluding hydrogens is 268 g/mol. The summed E-state index contributed by atoms with van der Waals surface area (Å²) in [5, 5.41) is 11.7. The van der Waals surface area contributed by atoms with Gasteiger partial charge in [-0.3, -0.25) is 4.79 Å². The van der Waals surface area contributed by atoms with E-state index >= 15 is 0 Å². The van der Waals surface area contributed by atoms with E-state index in [1.54, 1.807) is 13.1 Å². The number of carbonyl (C=O) groups is 2. The van der Waals surface area contributed by atoms with Crippen LogP contribution >= 0.6 is 11.6 Å². The Morgan fingerprint density at radius 3 is 2.42 bits per heavy atom. The number of nitrogens with one attached hydrogen (secondary N) is 1. The molecule has 1 aromatic rings. The van der Waals surface area contributed by atoms with Crippen LogP contribution in [0.3, 0.4) is 0 Å². The van der Waals surface area contributed by atoms with Gasteiger partial charge in [-0.15, -0.1) is 0 Å². The van der Waals surface area contributed by atoms with Crippen molar-refractivity contribution in [3.05, 3.63) is 34.9 Å². The van der Waals surface area contributed by atoms with Crippen LogP contribution in [-0.4, -0.2) is 35.1 Å². The number of carboxylic acid groups (broad SMARTS) is 1. The zero-order valence-electron chi connectivity index (χ0n) is 11.1. The van der Waals surface area contributed by atoms with Gasteiger partial charge in [0.05, 0.1) is 6.04 Å². The molecule has 2 atom stereocenters. The maximum atomic E-state index is 11.9. The minimum absolute atomic E-state index is 0.255. The lowest BCUT2D eigenvalue weighted by Crippen LogP contribution is -2.45. The van der Waals surface area contributed by atoms with E-state index in [9.17, 15) is 9.59 Å². The van der Waals surface area contributed by atoms with Crippen molar-refractivity contribution in [2.45, 2.75) is 25.9 Å². The number of carboxylic acids is 1. The third kappa shape index (κ3) is 3.86. The van der Waals surface area contributed by atoms with Crippen LogP contribution in [0.2, 0.25) is 5.02 Å². The molecule has 0 heterocycles. The van der Waals surface area contributed by atoms with Crippen molar-refractivity contribution in [2.24, 2.45) is 0 Å². The van der Waals surface area contributed by atoms with Crippen molar-refractivity contribution in [3.63, 3.8) is 0 Å². The molecule has 0 radical (unpaired) electrons. The monoisotopic (exact) mass is 284 g/mol. The molecule has 19 heavy (non-hydrogen) atoms. The largest absolute Gasteiger partial charge is 0.480 e. The van der Waals surface area contributed by atoms with Gasteiger partial charge >= 0.3 is 12.0 Å². The van der Waals surface area contributed by atoms with Crippen molar-refractivity contribution in [3.8, 4) is 0 Å². The molecule has 0 spiro atoms. The summed E-state index contributed by atoms with van der Waals surface area (Å²) in [6.45, 7) is 3.24. The molecule has 0 aromatic heterocycles. The van der Waals surface area contributed by atoms with Crippen LogP contribution in [0.25, 0.3) is 0 Å². The van der Waals surface area contributed by atoms with Crippen molar-refractivity contribution < 1.29 is 14.7 Å². The highest BCUT2D eigenvalue weighted by atomic mass is 35.5. The molecule has 0 bridgehead atoms. The second-order valence-electron chi connectivity index (χ2n) is 4.32. The van der Waals surface area contributed by atoms with E-state index in [0.717, 1.165) is 5.56 Å². The molecule has 0 saturated heterocycles. The molecule has 1 unspecified atom stereocenters. The molecule has 1 rings (SSSR count). The average Bonchev–Trinajstić information content (AvgIpc) is 2.37. The number of aliphatic carboxylic acids is 1. The number of rotatable bonds is 4. The molecule has 0 fully saturated rings. The average molecular weight is 285 g/mol. The topological polar surface area (TPSA) is 69.6 Å². The number of amides is 2. The summed E-state index contributed by atoms with van der Waals surface area (Å²) < 4.78 is 0. The Morgan fingerprint density at radius 2 is 1.89 bits per heavy atom. The maximum absolute atomic E-state index is 11.9. The SMILES string of the molecule is CC(c1ccccc1Cl)N(C)C(=O)N[C@@H](C)C(=O)O. The first-order valence-corrected chi connectivity index (χ1v) is 6.23. The van der Waals surface area contributed by atoms with Gasteiger partial charge in [0.15, 0.2) is 0 Å². The third-order valence-electron chi connectivity index (χ3n) is 2.97. The van der Waals surface area contributed by atoms with E-state index in [4.69, 9.17) is 16.7 Å². The molecule has 0 aliphatic heterocycles. The summed E-state index contributed by atoms with van der Waals surface area (Å²) in [5.41, 5.74) is 0.810. The minimum atomic E-state index is -1.08. The number of benzene rings is 1. The molecule has 104 valence electrons. The van der Waals surface area contributed by atoms with E-state index < -0.39 is 18.0 Å².